The van der Waals surface area contributed by atoms with Crippen molar-refractivity contribution in [2.75, 3.05) is 17.7 Å². The lowest BCUT2D eigenvalue weighted by Crippen LogP contribution is -2.16. The zero-order chi connectivity index (χ0) is 15.4. The Labute approximate surface area is 123 Å². The molecule has 0 atom stereocenters. The van der Waals surface area contributed by atoms with E-state index in [0.717, 1.165) is 5.69 Å². The molecule has 1 heterocycles. The quantitative estimate of drug-likeness (QED) is 0.927. The molecule has 0 spiro atoms. The van der Waals surface area contributed by atoms with Crippen molar-refractivity contribution in [2.45, 2.75) is 20.0 Å². The molecule has 1 aromatic carbocycles. The molecule has 0 aliphatic heterocycles. The number of anilines is 3. The molecule has 2 aromatic rings. The molecule has 0 saturated heterocycles. The number of benzene rings is 1. The predicted octanol–water partition coefficient (Wildman–Crippen LogP) is 2.49. The fourth-order valence-corrected chi connectivity index (χ4v) is 1.86. The first-order chi connectivity index (χ1) is 10.0. The molecule has 21 heavy (non-hydrogen) atoms. The number of rotatable bonds is 4. The number of hydrogen-bond donors (Lipinski definition) is 1. The summed E-state index contributed by atoms with van der Waals surface area (Å²) in [6.45, 7) is 3.81. The molecule has 1 aromatic heterocycles. The molecular formula is C15H17N5O. The van der Waals surface area contributed by atoms with Gasteiger partial charge >= 0.3 is 0 Å². The number of hydrogen-bond acceptors (Lipinski definition) is 6. The standard InChI is InChI=1S/C15H17N5O/c1-10(2)21-15-13(17)14(18-9-19-15)20(3)12-6-4-5-11(7-12)8-16/h4-7,9-10H,17H2,1-3H3. The Morgan fingerprint density at radius 3 is 2.76 bits per heavy atom. The maximum absolute atomic E-state index is 8.97. The second-order valence-corrected chi connectivity index (χ2v) is 4.80. The van der Waals surface area contributed by atoms with Gasteiger partial charge < -0.3 is 15.4 Å². The van der Waals surface area contributed by atoms with Gasteiger partial charge in [-0.2, -0.15) is 10.2 Å². The number of nitriles is 1. The van der Waals surface area contributed by atoms with Crippen molar-refractivity contribution in [1.29, 1.82) is 5.26 Å². The van der Waals surface area contributed by atoms with Crippen LogP contribution in [0.1, 0.15) is 19.4 Å². The van der Waals surface area contributed by atoms with E-state index in [1.54, 1.807) is 17.0 Å². The Morgan fingerprint density at radius 1 is 1.33 bits per heavy atom. The van der Waals surface area contributed by atoms with Crippen molar-refractivity contribution in [2.24, 2.45) is 0 Å². The van der Waals surface area contributed by atoms with Crippen LogP contribution < -0.4 is 15.4 Å². The number of nitrogens with two attached hydrogens (primary N) is 1. The van der Waals surface area contributed by atoms with E-state index in [4.69, 9.17) is 15.7 Å². The van der Waals surface area contributed by atoms with Crippen molar-refractivity contribution >= 4 is 17.2 Å². The Kier molecular flexibility index (Phi) is 4.24. The smallest absolute Gasteiger partial charge is 0.242 e. The third-order valence-electron chi connectivity index (χ3n) is 2.85. The molecule has 2 rings (SSSR count). The largest absolute Gasteiger partial charge is 0.473 e. The third-order valence-corrected chi connectivity index (χ3v) is 2.85. The maximum Gasteiger partial charge on any atom is 0.242 e. The topological polar surface area (TPSA) is 88.1 Å². The Hall–Kier alpha value is -2.81. The predicted molar refractivity (Wildman–Crippen MR) is 81.4 cm³/mol. The first kappa shape index (κ1) is 14.6. The summed E-state index contributed by atoms with van der Waals surface area (Å²) in [6, 6.07) is 9.32. The van der Waals surface area contributed by atoms with Crippen LogP contribution in [0, 0.1) is 11.3 Å². The molecule has 6 nitrogen and oxygen atoms in total. The van der Waals surface area contributed by atoms with Gasteiger partial charge in [-0.3, -0.25) is 0 Å². The molecular weight excluding hydrogens is 266 g/mol. The zero-order valence-electron chi connectivity index (χ0n) is 12.2. The van der Waals surface area contributed by atoms with Gasteiger partial charge in [-0.1, -0.05) is 6.07 Å². The van der Waals surface area contributed by atoms with E-state index < -0.39 is 0 Å². The Morgan fingerprint density at radius 2 is 2.10 bits per heavy atom. The molecule has 0 aliphatic carbocycles. The van der Waals surface area contributed by atoms with Crippen LogP contribution in [0.25, 0.3) is 0 Å². The van der Waals surface area contributed by atoms with Crippen LogP contribution in [-0.2, 0) is 0 Å². The summed E-state index contributed by atoms with van der Waals surface area (Å²) in [5.74, 6) is 0.897. The maximum atomic E-state index is 8.97. The van der Waals surface area contributed by atoms with Crippen LogP contribution in [0.5, 0.6) is 5.88 Å². The molecule has 0 radical (unpaired) electrons. The monoisotopic (exact) mass is 283 g/mol. The van der Waals surface area contributed by atoms with Gasteiger partial charge in [-0.05, 0) is 32.0 Å². The summed E-state index contributed by atoms with van der Waals surface area (Å²) in [5.41, 5.74) is 7.84. The van der Waals surface area contributed by atoms with Crippen LogP contribution in [0.3, 0.4) is 0 Å². The van der Waals surface area contributed by atoms with Crippen LogP contribution in [0.15, 0.2) is 30.6 Å². The molecule has 0 bridgehead atoms. The highest BCUT2D eigenvalue weighted by Gasteiger charge is 2.15. The molecule has 108 valence electrons. The summed E-state index contributed by atoms with van der Waals surface area (Å²) in [4.78, 5) is 10.1. The van der Waals surface area contributed by atoms with Crippen LogP contribution >= 0.6 is 0 Å². The second kappa shape index (κ2) is 6.09. The third kappa shape index (κ3) is 3.20. The number of ether oxygens (including phenoxy) is 1. The first-order valence-corrected chi connectivity index (χ1v) is 6.54. The van der Waals surface area contributed by atoms with Crippen molar-refractivity contribution in [3.63, 3.8) is 0 Å². The van der Waals surface area contributed by atoms with Crippen molar-refractivity contribution < 1.29 is 4.74 Å². The fraction of sp³-hybridized carbons (Fsp3) is 0.267. The Balaban J connectivity index is 2.39. The lowest BCUT2D eigenvalue weighted by molar-refractivity contribution is 0.234. The van der Waals surface area contributed by atoms with Gasteiger partial charge in [-0.25, -0.2) is 4.98 Å². The lowest BCUT2D eigenvalue weighted by atomic mass is 10.2. The van der Waals surface area contributed by atoms with E-state index in [1.807, 2.05) is 33.0 Å². The minimum atomic E-state index is -0.0257. The Bertz CT molecular complexity index is 678. The van der Waals surface area contributed by atoms with Crippen molar-refractivity contribution in [1.82, 2.24) is 9.97 Å². The van der Waals surface area contributed by atoms with Crippen LogP contribution in [-0.4, -0.2) is 23.1 Å². The lowest BCUT2D eigenvalue weighted by Gasteiger charge is -2.21. The first-order valence-electron chi connectivity index (χ1n) is 6.54. The molecule has 0 unspecified atom stereocenters. The summed E-state index contributed by atoms with van der Waals surface area (Å²) in [6.07, 6.45) is 1.39. The van der Waals surface area contributed by atoms with E-state index >= 15 is 0 Å². The molecule has 0 amide bonds. The molecule has 0 saturated carbocycles. The van der Waals surface area contributed by atoms with E-state index in [9.17, 15) is 0 Å². The number of nitrogen functional groups attached to an aromatic ring is 1. The highest BCUT2D eigenvalue weighted by Crippen LogP contribution is 2.32. The molecule has 0 fully saturated rings. The summed E-state index contributed by atoms with van der Waals surface area (Å²) >= 11 is 0. The highest BCUT2D eigenvalue weighted by molar-refractivity contribution is 5.74. The highest BCUT2D eigenvalue weighted by atomic mass is 16.5. The van der Waals surface area contributed by atoms with Gasteiger partial charge in [0.2, 0.25) is 5.88 Å². The van der Waals surface area contributed by atoms with Gasteiger partial charge in [0, 0.05) is 12.7 Å². The average Bonchev–Trinajstić information content (AvgIpc) is 2.48. The number of aromatic nitrogens is 2. The molecule has 2 N–H and O–H groups in total. The minimum absolute atomic E-state index is 0.0257. The fourth-order valence-electron chi connectivity index (χ4n) is 1.86. The minimum Gasteiger partial charge on any atom is -0.473 e. The van der Waals surface area contributed by atoms with Gasteiger partial charge in [-0.15, -0.1) is 0 Å². The van der Waals surface area contributed by atoms with Gasteiger partial charge in [0.15, 0.2) is 5.82 Å². The van der Waals surface area contributed by atoms with Crippen LogP contribution in [0.2, 0.25) is 0 Å². The van der Waals surface area contributed by atoms with Crippen molar-refractivity contribution in [3.05, 3.63) is 36.2 Å². The molecule has 6 heteroatoms. The second-order valence-electron chi connectivity index (χ2n) is 4.80. The van der Waals surface area contributed by atoms with Crippen LogP contribution in [0.4, 0.5) is 17.2 Å². The summed E-state index contributed by atoms with van der Waals surface area (Å²) in [7, 11) is 1.83. The average molecular weight is 283 g/mol. The van der Waals surface area contributed by atoms with Gasteiger partial charge in [0.25, 0.3) is 0 Å². The zero-order valence-corrected chi connectivity index (χ0v) is 12.2. The van der Waals surface area contributed by atoms with E-state index in [0.29, 0.717) is 22.9 Å². The SMILES string of the molecule is CC(C)Oc1ncnc(N(C)c2cccc(C#N)c2)c1N. The van der Waals surface area contributed by atoms with Gasteiger partial charge in [0.05, 0.1) is 17.7 Å². The normalized spacial score (nSPS) is 10.2. The van der Waals surface area contributed by atoms with Gasteiger partial charge in [0.1, 0.15) is 12.0 Å². The summed E-state index contributed by atoms with van der Waals surface area (Å²) < 4.78 is 5.56. The number of nitrogens with zero attached hydrogens (tertiary/aromatic N) is 4. The summed E-state index contributed by atoms with van der Waals surface area (Å²) in [5, 5.41) is 8.97. The van der Waals surface area contributed by atoms with E-state index in [-0.39, 0.29) is 6.10 Å². The van der Waals surface area contributed by atoms with E-state index in [2.05, 4.69) is 16.0 Å². The molecule has 0 aliphatic rings. The van der Waals surface area contributed by atoms with Crippen molar-refractivity contribution in [3.8, 4) is 11.9 Å². The van der Waals surface area contributed by atoms with E-state index in [1.165, 1.54) is 6.33 Å².